The summed E-state index contributed by atoms with van der Waals surface area (Å²) in [6.45, 7) is 8.80. The molecule has 9 rings (SSSR count). The van der Waals surface area contributed by atoms with Crippen LogP contribution in [0.3, 0.4) is 0 Å². The van der Waals surface area contributed by atoms with Gasteiger partial charge in [0.1, 0.15) is 0 Å². The molecule has 0 N–H and O–H groups in total. The number of nitrogens with zero attached hydrogens (tertiary/aromatic N) is 4. The molecule has 0 aliphatic heterocycles. The van der Waals surface area contributed by atoms with Crippen molar-refractivity contribution in [2.75, 3.05) is 4.90 Å². The molecule has 0 spiro atoms. The predicted octanol–water partition coefficient (Wildman–Crippen LogP) is 13.3. The molecule has 0 aliphatic rings. The van der Waals surface area contributed by atoms with Gasteiger partial charge in [0, 0.05) is 44.7 Å². The number of hydrogen-bond donors (Lipinski definition) is 0. The lowest BCUT2D eigenvalue weighted by atomic mass is 10.0. The van der Waals surface area contributed by atoms with Crippen molar-refractivity contribution in [3.63, 3.8) is 0 Å². The van der Waals surface area contributed by atoms with E-state index in [1.54, 1.807) is 0 Å². The summed E-state index contributed by atoms with van der Waals surface area (Å²) in [4.78, 5) is 12.5. The van der Waals surface area contributed by atoms with E-state index in [0.29, 0.717) is 0 Å². The fraction of sp³-hybridized carbons (Fsp3) is 0. The molecule has 0 saturated carbocycles. The average Bonchev–Trinajstić information content (AvgIpc) is 3.57. The highest BCUT2D eigenvalue weighted by atomic mass is 15.1. The highest BCUT2D eigenvalue weighted by Gasteiger charge is 2.19. The average molecular weight is 693 g/mol. The van der Waals surface area contributed by atoms with Crippen molar-refractivity contribution < 1.29 is 0 Å². The Bertz CT molecular complexity index is 2830. The molecular weight excluding hydrogens is 657 g/mol. The maximum absolute atomic E-state index is 5.14. The van der Waals surface area contributed by atoms with E-state index in [0.717, 1.165) is 89.2 Å². The maximum atomic E-state index is 5.14. The molecule has 4 nitrogen and oxygen atoms in total. The normalized spacial score (nSPS) is 11.4. The minimum Gasteiger partial charge on any atom is -0.310 e. The molecule has 0 unspecified atom stereocenters. The van der Waals surface area contributed by atoms with Crippen LogP contribution in [0, 0.1) is 0 Å². The largest absolute Gasteiger partial charge is 0.310 e. The van der Waals surface area contributed by atoms with Gasteiger partial charge in [0.2, 0.25) is 0 Å². The zero-order valence-corrected chi connectivity index (χ0v) is 29.7. The van der Waals surface area contributed by atoms with Gasteiger partial charge in [0.25, 0.3) is 0 Å². The van der Waals surface area contributed by atoms with Crippen LogP contribution in [0.15, 0.2) is 207 Å². The molecule has 2 aromatic heterocycles. The zero-order chi connectivity index (χ0) is 36.4. The molecule has 0 fully saturated rings. The van der Waals surface area contributed by atoms with Crippen molar-refractivity contribution >= 4 is 61.2 Å². The molecule has 0 bridgehead atoms. The zero-order valence-electron chi connectivity index (χ0n) is 29.7. The summed E-state index contributed by atoms with van der Waals surface area (Å²) < 4.78 is 2.24. The Labute approximate surface area is 315 Å². The molecule has 0 amide bonds. The van der Waals surface area contributed by atoms with Gasteiger partial charge in [0.15, 0.2) is 0 Å². The van der Waals surface area contributed by atoms with E-state index < -0.39 is 0 Å². The first kappa shape index (κ1) is 32.6. The summed E-state index contributed by atoms with van der Waals surface area (Å²) >= 11 is 0. The van der Waals surface area contributed by atoms with E-state index in [9.17, 15) is 0 Å². The standard InChI is InChI=1S/C50H36N4/c1-35(37-16-6-3-7-17-37)26-27-36(2)53-47-25-15-12-22-43(47)44-34-42(32-33-48(44)53)54(40-20-10-5-11-21-40)41-30-28-39(29-31-41)50-49(38-18-8-4-9-19-38)51-45-23-13-14-24-46(45)52-50/h3-34H,1-2H2/b27-26-. The Morgan fingerprint density at radius 3 is 1.67 bits per heavy atom. The Balaban J connectivity index is 1.13. The molecule has 0 saturated heterocycles. The number of rotatable bonds is 9. The third-order valence-corrected chi connectivity index (χ3v) is 9.85. The third kappa shape index (κ3) is 6.06. The molecule has 54 heavy (non-hydrogen) atoms. The van der Waals surface area contributed by atoms with E-state index in [4.69, 9.17) is 9.97 Å². The Morgan fingerprint density at radius 1 is 0.463 bits per heavy atom. The van der Waals surface area contributed by atoms with E-state index in [1.165, 1.54) is 0 Å². The number of fused-ring (bicyclic) bond motifs is 4. The highest BCUT2D eigenvalue weighted by Crippen LogP contribution is 2.40. The topological polar surface area (TPSA) is 34.0 Å². The van der Waals surface area contributed by atoms with Crippen LogP contribution in [-0.2, 0) is 0 Å². The number of para-hydroxylation sites is 4. The minimum absolute atomic E-state index is 0.855. The van der Waals surface area contributed by atoms with E-state index >= 15 is 0 Å². The van der Waals surface area contributed by atoms with Crippen LogP contribution in [-0.4, -0.2) is 14.5 Å². The molecule has 2 heterocycles. The predicted molar refractivity (Wildman–Crippen MR) is 228 cm³/mol. The summed E-state index contributed by atoms with van der Waals surface area (Å²) in [6.07, 6.45) is 4.09. The molecule has 7 aromatic carbocycles. The van der Waals surface area contributed by atoms with Crippen molar-refractivity contribution in [1.82, 2.24) is 14.5 Å². The van der Waals surface area contributed by atoms with Gasteiger partial charge >= 0.3 is 0 Å². The summed E-state index contributed by atoms with van der Waals surface area (Å²) in [6, 6.07) is 63.0. The van der Waals surface area contributed by atoms with Gasteiger partial charge in [-0.3, -0.25) is 0 Å². The third-order valence-electron chi connectivity index (χ3n) is 9.85. The Hall–Kier alpha value is -7.30. The maximum Gasteiger partial charge on any atom is 0.0973 e. The van der Waals surface area contributed by atoms with Crippen molar-refractivity contribution in [2.24, 2.45) is 0 Å². The van der Waals surface area contributed by atoms with Gasteiger partial charge in [0.05, 0.1) is 33.5 Å². The number of hydrogen-bond acceptors (Lipinski definition) is 3. The molecule has 0 atom stereocenters. The number of anilines is 3. The minimum atomic E-state index is 0.855. The van der Waals surface area contributed by atoms with Gasteiger partial charge in [-0.15, -0.1) is 0 Å². The summed E-state index contributed by atoms with van der Waals surface area (Å²) in [5.74, 6) is 0. The first-order valence-electron chi connectivity index (χ1n) is 18.1. The van der Waals surface area contributed by atoms with Gasteiger partial charge in [-0.1, -0.05) is 141 Å². The summed E-state index contributed by atoms with van der Waals surface area (Å²) in [5.41, 5.74) is 13.7. The SMILES string of the molecule is C=C(/C=C\C(=C)n1c2ccccc2c2cc(N(c3ccccc3)c3ccc(-c4nc5ccccc5nc4-c4ccccc4)cc3)ccc21)c1ccccc1. The van der Waals surface area contributed by atoms with Crippen LogP contribution < -0.4 is 4.90 Å². The van der Waals surface area contributed by atoms with Crippen LogP contribution in [0.5, 0.6) is 0 Å². The van der Waals surface area contributed by atoms with Crippen LogP contribution in [0.25, 0.3) is 66.6 Å². The number of aromatic nitrogens is 3. The number of benzene rings is 7. The smallest absolute Gasteiger partial charge is 0.0973 e. The Morgan fingerprint density at radius 2 is 0.981 bits per heavy atom. The second kappa shape index (κ2) is 14.0. The lowest BCUT2D eigenvalue weighted by Crippen LogP contribution is -2.09. The summed E-state index contributed by atoms with van der Waals surface area (Å²) in [7, 11) is 0. The molecule has 9 aromatic rings. The van der Waals surface area contributed by atoms with Crippen LogP contribution in [0.2, 0.25) is 0 Å². The second-order valence-corrected chi connectivity index (χ2v) is 13.3. The van der Waals surface area contributed by atoms with Crippen molar-refractivity contribution in [1.29, 1.82) is 0 Å². The van der Waals surface area contributed by atoms with Crippen LogP contribution in [0.1, 0.15) is 5.56 Å². The fourth-order valence-corrected chi connectivity index (χ4v) is 7.22. The molecule has 256 valence electrons. The first-order valence-corrected chi connectivity index (χ1v) is 18.1. The number of allylic oxidation sites excluding steroid dienone is 4. The van der Waals surface area contributed by atoms with E-state index in [1.807, 2.05) is 66.7 Å². The highest BCUT2D eigenvalue weighted by molar-refractivity contribution is 6.11. The van der Waals surface area contributed by atoms with E-state index in [-0.39, 0.29) is 0 Å². The molecular formula is C50H36N4. The Kier molecular flexibility index (Phi) is 8.46. The van der Waals surface area contributed by atoms with Crippen LogP contribution in [0.4, 0.5) is 17.1 Å². The lowest BCUT2D eigenvalue weighted by Gasteiger charge is -2.26. The summed E-state index contributed by atoms with van der Waals surface area (Å²) in [5, 5.41) is 2.31. The van der Waals surface area contributed by atoms with Crippen molar-refractivity contribution in [3.05, 3.63) is 213 Å². The van der Waals surface area contributed by atoms with Gasteiger partial charge < -0.3 is 9.47 Å². The van der Waals surface area contributed by atoms with E-state index in [2.05, 4.69) is 150 Å². The van der Waals surface area contributed by atoms with Gasteiger partial charge in [-0.2, -0.15) is 0 Å². The van der Waals surface area contributed by atoms with Crippen molar-refractivity contribution in [3.8, 4) is 22.5 Å². The monoisotopic (exact) mass is 692 g/mol. The fourth-order valence-electron chi connectivity index (χ4n) is 7.22. The van der Waals surface area contributed by atoms with Gasteiger partial charge in [-0.25, -0.2) is 9.97 Å². The quantitative estimate of drug-likeness (QED) is 0.141. The lowest BCUT2D eigenvalue weighted by molar-refractivity contribution is 1.24. The molecule has 0 aliphatic carbocycles. The molecule has 4 heteroatoms. The van der Waals surface area contributed by atoms with Gasteiger partial charge in [-0.05, 0) is 77.9 Å². The second-order valence-electron chi connectivity index (χ2n) is 13.3. The molecule has 0 radical (unpaired) electrons. The first-order chi connectivity index (χ1) is 26.6. The van der Waals surface area contributed by atoms with Crippen molar-refractivity contribution in [2.45, 2.75) is 0 Å². The van der Waals surface area contributed by atoms with Crippen LogP contribution >= 0.6 is 0 Å².